The summed E-state index contributed by atoms with van der Waals surface area (Å²) in [6.07, 6.45) is -4.76. The van der Waals surface area contributed by atoms with Crippen molar-refractivity contribution in [2.24, 2.45) is 0 Å². The van der Waals surface area contributed by atoms with Crippen LogP contribution in [0.2, 0.25) is 0 Å². The van der Waals surface area contributed by atoms with Gasteiger partial charge in [0.05, 0.1) is 6.20 Å². The number of aromatic nitrogens is 2. The van der Waals surface area contributed by atoms with Crippen LogP contribution in [0.25, 0.3) is 0 Å². The third kappa shape index (κ3) is 1.81. The monoisotopic (exact) mass is 248 g/mol. The number of halogens is 7. The van der Waals surface area contributed by atoms with Crippen LogP contribution in [0, 0.1) is 0 Å². The predicted molar refractivity (Wildman–Crippen MR) is 36.9 cm³/mol. The molecule has 0 radical (unpaired) electrons. The largest absolute Gasteiger partial charge is 0.460 e. The predicted octanol–water partition coefficient (Wildman–Crippen LogP) is 2.77. The number of nitrogens with zero attached hydrogens (tertiary/aromatic N) is 2. The van der Waals surface area contributed by atoms with Gasteiger partial charge >= 0.3 is 18.0 Å². The van der Waals surface area contributed by atoms with E-state index in [0.29, 0.717) is 6.20 Å². The van der Waals surface area contributed by atoms with E-state index >= 15 is 0 Å². The molecule has 0 N–H and O–H groups in total. The summed E-state index contributed by atoms with van der Waals surface area (Å²) >= 11 is 0. The van der Waals surface area contributed by atoms with E-state index in [9.17, 15) is 30.7 Å². The average Bonchev–Trinajstić information content (AvgIpc) is 2.17. The summed E-state index contributed by atoms with van der Waals surface area (Å²) in [5.74, 6) is -11.7. The van der Waals surface area contributed by atoms with Crippen LogP contribution in [0.4, 0.5) is 30.7 Å². The summed E-state index contributed by atoms with van der Waals surface area (Å²) in [7, 11) is 0. The minimum absolute atomic E-state index is 0.152. The fourth-order valence-electron chi connectivity index (χ4n) is 0.800. The molecule has 0 fully saturated rings. The fourth-order valence-corrected chi connectivity index (χ4v) is 0.800. The van der Waals surface area contributed by atoms with Crippen molar-refractivity contribution in [2.75, 3.05) is 0 Å². The maximum absolute atomic E-state index is 12.9. The highest BCUT2D eigenvalue weighted by Gasteiger charge is 2.74. The molecular formula is C7H3F7N2. The van der Waals surface area contributed by atoms with E-state index in [1.807, 2.05) is 0 Å². The van der Waals surface area contributed by atoms with E-state index < -0.39 is 23.7 Å². The van der Waals surface area contributed by atoms with Crippen molar-refractivity contribution in [3.63, 3.8) is 0 Å². The molecule has 0 atom stereocenters. The van der Waals surface area contributed by atoms with Gasteiger partial charge in [-0.05, 0) is 0 Å². The summed E-state index contributed by atoms with van der Waals surface area (Å²) < 4.78 is 85.8. The zero-order valence-electron chi connectivity index (χ0n) is 7.27. The molecule has 0 unspecified atom stereocenters. The molecule has 9 heteroatoms. The van der Waals surface area contributed by atoms with Gasteiger partial charge in [0.1, 0.15) is 5.69 Å². The van der Waals surface area contributed by atoms with Crippen molar-refractivity contribution in [1.29, 1.82) is 0 Å². The van der Waals surface area contributed by atoms with Crippen LogP contribution in [0.15, 0.2) is 18.6 Å². The van der Waals surface area contributed by atoms with Crippen molar-refractivity contribution < 1.29 is 30.7 Å². The highest BCUT2D eigenvalue weighted by Crippen LogP contribution is 2.50. The summed E-state index contributed by atoms with van der Waals surface area (Å²) in [6.45, 7) is 0. The van der Waals surface area contributed by atoms with Crippen LogP contribution in [-0.2, 0) is 5.92 Å². The lowest BCUT2D eigenvalue weighted by Gasteiger charge is -2.27. The van der Waals surface area contributed by atoms with Crippen molar-refractivity contribution in [2.45, 2.75) is 18.0 Å². The van der Waals surface area contributed by atoms with Crippen molar-refractivity contribution in [3.8, 4) is 0 Å². The minimum atomic E-state index is -6.37. The van der Waals surface area contributed by atoms with Crippen LogP contribution < -0.4 is 0 Å². The highest BCUT2D eigenvalue weighted by molar-refractivity contribution is 5.10. The van der Waals surface area contributed by atoms with Gasteiger partial charge in [0.25, 0.3) is 0 Å². The van der Waals surface area contributed by atoms with E-state index in [0.717, 1.165) is 6.20 Å². The molecule has 1 rings (SSSR count). The number of hydrogen-bond acceptors (Lipinski definition) is 2. The maximum atomic E-state index is 12.9. The topological polar surface area (TPSA) is 25.8 Å². The maximum Gasteiger partial charge on any atom is 0.460 e. The molecule has 1 heterocycles. The van der Waals surface area contributed by atoms with Gasteiger partial charge in [-0.25, -0.2) is 0 Å². The normalized spacial score (nSPS) is 13.9. The SMILES string of the molecule is FC(F)(F)C(F)(F)C(F)(F)c1cnccn1. The van der Waals surface area contributed by atoms with Crippen molar-refractivity contribution in [1.82, 2.24) is 9.97 Å². The van der Waals surface area contributed by atoms with E-state index in [4.69, 9.17) is 0 Å². The smallest absolute Gasteiger partial charge is 0.261 e. The van der Waals surface area contributed by atoms with Gasteiger partial charge in [-0.3, -0.25) is 9.97 Å². The zero-order chi connectivity index (χ0) is 12.6. The van der Waals surface area contributed by atoms with Gasteiger partial charge in [-0.1, -0.05) is 0 Å². The molecule has 90 valence electrons. The first-order valence-corrected chi connectivity index (χ1v) is 3.69. The lowest BCUT2D eigenvalue weighted by Crippen LogP contribution is -2.50. The molecule has 0 bridgehead atoms. The Balaban J connectivity index is 3.22. The number of hydrogen-bond donors (Lipinski definition) is 0. The first-order chi connectivity index (χ1) is 7.11. The third-order valence-corrected chi connectivity index (χ3v) is 1.64. The van der Waals surface area contributed by atoms with Crippen LogP contribution in [-0.4, -0.2) is 22.1 Å². The van der Waals surface area contributed by atoms with E-state index in [2.05, 4.69) is 9.97 Å². The molecule has 0 spiro atoms. The van der Waals surface area contributed by atoms with Gasteiger partial charge in [-0.15, -0.1) is 0 Å². The summed E-state index contributed by atoms with van der Waals surface area (Å²) in [4.78, 5) is 5.74. The van der Waals surface area contributed by atoms with Gasteiger partial charge < -0.3 is 0 Å². The van der Waals surface area contributed by atoms with E-state index in [1.54, 1.807) is 0 Å². The summed E-state index contributed by atoms with van der Waals surface area (Å²) in [6, 6.07) is 0. The van der Waals surface area contributed by atoms with Crippen LogP contribution in [0.5, 0.6) is 0 Å². The van der Waals surface area contributed by atoms with Gasteiger partial charge in [0.2, 0.25) is 0 Å². The Bertz CT molecular complexity index is 359. The molecule has 0 aliphatic rings. The Morgan fingerprint density at radius 2 is 1.44 bits per heavy atom. The molecule has 0 aromatic carbocycles. The molecule has 0 aliphatic carbocycles. The molecule has 2 nitrogen and oxygen atoms in total. The summed E-state index contributed by atoms with van der Waals surface area (Å²) in [5.41, 5.74) is -1.74. The second-order valence-electron chi connectivity index (χ2n) is 2.74. The van der Waals surface area contributed by atoms with Gasteiger partial charge in [-0.2, -0.15) is 30.7 Å². The molecule has 1 aromatic rings. The van der Waals surface area contributed by atoms with Crippen molar-refractivity contribution >= 4 is 0 Å². The molecule has 1 aromatic heterocycles. The molecular weight excluding hydrogens is 245 g/mol. The standard InChI is InChI=1S/C7H3F7N2/c8-5(9,4-3-15-1-2-16-4)6(10,11)7(12,13)14/h1-3H. The van der Waals surface area contributed by atoms with E-state index in [1.165, 1.54) is 0 Å². The van der Waals surface area contributed by atoms with Crippen molar-refractivity contribution in [3.05, 3.63) is 24.3 Å². The van der Waals surface area contributed by atoms with Crippen LogP contribution in [0.1, 0.15) is 5.69 Å². The zero-order valence-corrected chi connectivity index (χ0v) is 7.27. The first-order valence-electron chi connectivity index (χ1n) is 3.69. The fraction of sp³-hybridized carbons (Fsp3) is 0.429. The van der Waals surface area contributed by atoms with Gasteiger partial charge in [0, 0.05) is 12.4 Å². The lowest BCUT2D eigenvalue weighted by atomic mass is 10.1. The Hall–Kier alpha value is -1.41. The van der Waals surface area contributed by atoms with Gasteiger partial charge in [0.15, 0.2) is 0 Å². The third-order valence-electron chi connectivity index (χ3n) is 1.64. The lowest BCUT2D eigenvalue weighted by molar-refractivity contribution is -0.360. The Morgan fingerprint density at radius 1 is 0.875 bits per heavy atom. The van der Waals surface area contributed by atoms with E-state index in [-0.39, 0.29) is 6.20 Å². The molecule has 0 aliphatic heterocycles. The van der Waals surface area contributed by atoms with Crippen LogP contribution in [0.3, 0.4) is 0 Å². The molecule has 0 saturated carbocycles. The molecule has 16 heavy (non-hydrogen) atoms. The van der Waals surface area contributed by atoms with Crippen LogP contribution >= 0.6 is 0 Å². The average molecular weight is 248 g/mol. The quantitative estimate of drug-likeness (QED) is 0.752. The molecule has 0 amide bonds. The number of rotatable bonds is 2. The summed E-state index contributed by atoms with van der Waals surface area (Å²) in [5, 5.41) is 0. The second-order valence-corrected chi connectivity index (χ2v) is 2.74. The Labute approximate surface area is 84.1 Å². The Morgan fingerprint density at radius 3 is 1.81 bits per heavy atom. The first kappa shape index (κ1) is 12.7. The molecule has 0 saturated heterocycles. The second kappa shape index (κ2) is 3.56. The minimum Gasteiger partial charge on any atom is -0.261 e. The highest BCUT2D eigenvalue weighted by atomic mass is 19.4. The Kier molecular flexibility index (Phi) is 2.82. The number of alkyl halides is 7.